The highest BCUT2D eigenvalue weighted by Crippen LogP contribution is 2.32. The third kappa shape index (κ3) is 4.80. The lowest BCUT2D eigenvalue weighted by Crippen LogP contribution is -2.36. The van der Waals surface area contributed by atoms with Gasteiger partial charge in [-0.05, 0) is 42.7 Å². The molecule has 1 aliphatic carbocycles. The quantitative estimate of drug-likeness (QED) is 0.334. The van der Waals surface area contributed by atoms with Crippen molar-refractivity contribution in [3.05, 3.63) is 92.2 Å². The van der Waals surface area contributed by atoms with Crippen LogP contribution in [-0.4, -0.2) is 46.5 Å². The van der Waals surface area contributed by atoms with Crippen LogP contribution >= 0.6 is 22.9 Å². The molecule has 6 rings (SSSR count). The van der Waals surface area contributed by atoms with E-state index in [2.05, 4.69) is 11.0 Å². The number of pyridine rings is 1. The lowest BCUT2D eigenvalue weighted by Gasteiger charge is -2.28. The predicted molar refractivity (Wildman–Crippen MR) is 147 cm³/mol. The fraction of sp³-hybridized carbons (Fsp3) is 0.276. The van der Waals surface area contributed by atoms with Crippen LogP contribution in [0.3, 0.4) is 0 Å². The van der Waals surface area contributed by atoms with Crippen molar-refractivity contribution in [2.75, 3.05) is 26.3 Å². The average Bonchev–Trinajstić information content (AvgIpc) is 3.40. The molecule has 1 aliphatic heterocycles. The van der Waals surface area contributed by atoms with E-state index >= 15 is 0 Å². The normalized spacial score (nSPS) is 16.1. The van der Waals surface area contributed by atoms with Crippen LogP contribution in [0.1, 0.15) is 34.5 Å². The number of ether oxygens (including phenoxy) is 1. The van der Waals surface area contributed by atoms with Crippen LogP contribution in [0.25, 0.3) is 27.5 Å². The Kier molecular flexibility index (Phi) is 6.78. The molecule has 6 nitrogen and oxygen atoms in total. The molecule has 2 aromatic heterocycles. The minimum Gasteiger partial charge on any atom is -0.379 e. The molecule has 0 amide bonds. The molecule has 0 unspecified atom stereocenters. The topological polar surface area (TPSA) is 64.4 Å². The monoisotopic (exact) mass is 531 g/mol. The minimum atomic E-state index is -0.139. The zero-order valence-corrected chi connectivity index (χ0v) is 21.9. The number of carbonyl (C=O) groups is 1. The molecule has 0 radical (unpaired) electrons. The number of aromatic nitrogens is 2. The third-order valence-electron chi connectivity index (χ3n) is 7.03. The number of nitrogens with zero attached hydrogens (tertiary/aromatic N) is 3. The number of thiazole rings is 1. The highest BCUT2D eigenvalue weighted by molar-refractivity contribution is 7.13. The molecule has 2 aliphatic rings. The zero-order chi connectivity index (χ0) is 25.4. The van der Waals surface area contributed by atoms with Gasteiger partial charge in [-0.3, -0.25) is 19.1 Å². The standard InChI is InChI=1S/C29H26ClN3O3S/c30-21-10-8-19(9-11-21)24-18-37-28(31-24)23-16-22-26(6-3-7-27(22)34)33(29(23)35)25-5-2-1-4-20(25)17-32-12-14-36-15-13-32/h1-2,4-5,8-11,16,18H,3,6-7,12-15,17H2. The highest BCUT2D eigenvalue weighted by atomic mass is 35.5. The summed E-state index contributed by atoms with van der Waals surface area (Å²) in [6.07, 6.45) is 1.93. The van der Waals surface area contributed by atoms with Gasteiger partial charge in [-0.1, -0.05) is 41.9 Å². The van der Waals surface area contributed by atoms with Gasteiger partial charge in [0.25, 0.3) is 5.56 Å². The Balaban J connectivity index is 1.49. The van der Waals surface area contributed by atoms with Crippen molar-refractivity contribution < 1.29 is 9.53 Å². The number of hydrogen-bond donors (Lipinski definition) is 0. The number of ketones is 1. The van der Waals surface area contributed by atoms with Crippen molar-refractivity contribution in [1.29, 1.82) is 0 Å². The van der Waals surface area contributed by atoms with Crippen LogP contribution in [0.2, 0.25) is 5.02 Å². The summed E-state index contributed by atoms with van der Waals surface area (Å²) in [5, 5.41) is 3.21. The van der Waals surface area contributed by atoms with Gasteiger partial charge in [0.1, 0.15) is 5.01 Å². The highest BCUT2D eigenvalue weighted by Gasteiger charge is 2.26. The number of fused-ring (bicyclic) bond motifs is 1. The van der Waals surface area contributed by atoms with Gasteiger partial charge < -0.3 is 4.74 Å². The van der Waals surface area contributed by atoms with Gasteiger partial charge in [0.15, 0.2) is 5.78 Å². The second kappa shape index (κ2) is 10.3. The second-order valence-electron chi connectivity index (χ2n) is 9.40. The first-order valence-corrected chi connectivity index (χ1v) is 13.8. The summed E-state index contributed by atoms with van der Waals surface area (Å²) in [7, 11) is 0. The molecule has 0 spiro atoms. The predicted octanol–water partition coefficient (Wildman–Crippen LogP) is 5.63. The fourth-order valence-electron chi connectivity index (χ4n) is 5.11. The number of carbonyl (C=O) groups excluding carboxylic acids is 1. The van der Waals surface area contributed by atoms with Crippen LogP contribution in [-0.2, 0) is 17.7 Å². The van der Waals surface area contributed by atoms with Crippen molar-refractivity contribution in [1.82, 2.24) is 14.5 Å². The Morgan fingerprint density at radius 3 is 2.57 bits per heavy atom. The molecule has 0 bridgehead atoms. The molecule has 2 aromatic carbocycles. The maximum atomic E-state index is 14.2. The molecule has 37 heavy (non-hydrogen) atoms. The van der Waals surface area contributed by atoms with E-state index in [0.29, 0.717) is 47.2 Å². The molecule has 188 valence electrons. The first-order valence-electron chi connectivity index (χ1n) is 12.5. The molecule has 4 aromatic rings. The van der Waals surface area contributed by atoms with Crippen LogP contribution in [0.5, 0.6) is 0 Å². The second-order valence-corrected chi connectivity index (χ2v) is 10.7. The van der Waals surface area contributed by atoms with E-state index in [0.717, 1.165) is 54.3 Å². The van der Waals surface area contributed by atoms with Gasteiger partial charge >= 0.3 is 0 Å². The lowest BCUT2D eigenvalue weighted by atomic mass is 9.92. The van der Waals surface area contributed by atoms with Gasteiger partial charge in [0, 0.05) is 53.3 Å². The fourth-order valence-corrected chi connectivity index (χ4v) is 6.08. The molecule has 3 heterocycles. The summed E-state index contributed by atoms with van der Waals surface area (Å²) in [5.41, 5.74) is 5.35. The first-order chi connectivity index (χ1) is 18.1. The van der Waals surface area contributed by atoms with E-state index in [9.17, 15) is 9.59 Å². The van der Waals surface area contributed by atoms with E-state index < -0.39 is 0 Å². The summed E-state index contributed by atoms with van der Waals surface area (Å²) in [5.74, 6) is 0.0800. The minimum absolute atomic E-state index is 0.0800. The number of hydrogen-bond acceptors (Lipinski definition) is 6. The average molecular weight is 532 g/mol. The van der Waals surface area contributed by atoms with Gasteiger partial charge in [0.2, 0.25) is 0 Å². The van der Waals surface area contributed by atoms with Crippen LogP contribution in [0, 0.1) is 0 Å². The van der Waals surface area contributed by atoms with Crippen molar-refractivity contribution >= 4 is 28.7 Å². The van der Waals surface area contributed by atoms with Crippen molar-refractivity contribution in [3.8, 4) is 27.5 Å². The summed E-state index contributed by atoms with van der Waals surface area (Å²) in [6, 6.07) is 17.3. The van der Waals surface area contributed by atoms with Crippen LogP contribution in [0.4, 0.5) is 0 Å². The Labute approximate surface area is 224 Å². The van der Waals surface area contributed by atoms with E-state index in [-0.39, 0.29) is 11.3 Å². The zero-order valence-electron chi connectivity index (χ0n) is 20.3. The molecule has 1 saturated heterocycles. The van der Waals surface area contributed by atoms with Crippen molar-refractivity contribution in [3.63, 3.8) is 0 Å². The van der Waals surface area contributed by atoms with E-state index in [1.54, 1.807) is 10.6 Å². The van der Waals surface area contributed by atoms with Crippen LogP contribution in [0.15, 0.2) is 64.8 Å². The van der Waals surface area contributed by atoms with Gasteiger partial charge in [-0.15, -0.1) is 11.3 Å². The molecular formula is C29H26ClN3O3S. The number of benzene rings is 2. The molecule has 0 saturated carbocycles. The lowest BCUT2D eigenvalue weighted by molar-refractivity contribution is 0.0342. The first kappa shape index (κ1) is 24.2. The maximum absolute atomic E-state index is 14.2. The van der Waals surface area contributed by atoms with Gasteiger partial charge in [-0.2, -0.15) is 0 Å². The summed E-state index contributed by atoms with van der Waals surface area (Å²) in [6.45, 7) is 3.85. The summed E-state index contributed by atoms with van der Waals surface area (Å²) >= 11 is 7.46. The molecule has 1 fully saturated rings. The number of Topliss-reactive ketones (excluding diaryl/α,β-unsaturated/α-hetero) is 1. The Hall–Kier alpha value is -3.10. The third-order valence-corrected chi connectivity index (χ3v) is 8.15. The maximum Gasteiger partial charge on any atom is 0.265 e. The number of halogens is 1. The van der Waals surface area contributed by atoms with E-state index in [1.807, 2.05) is 47.8 Å². The largest absolute Gasteiger partial charge is 0.379 e. The Morgan fingerprint density at radius 2 is 1.76 bits per heavy atom. The van der Waals surface area contributed by atoms with Gasteiger partial charge in [-0.25, -0.2) is 4.98 Å². The van der Waals surface area contributed by atoms with Gasteiger partial charge in [0.05, 0.1) is 30.2 Å². The molecule has 0 atom stereocenters. The van der Waals surface area contributed by atoms with E-state index in [1.165, 1.54) is 11.3 Å². The molecular weight excluding hydrogens is 506 g/mol. The SMILES string of the molecule is O=C1CCCc2c1cc(-c1nc(-c3ccc(Cl)cc3)cs1)c(=O)n2-c1ccccc1CN1CCOCC1. The Bertz CT molecular complexity index is 1520. The summed E-state index contributed by atoms with van der Waals surface area (Å²) in [4.78, 5) is 34.3. The van der Waals surface area contributed by atoms with Crippen molar-refractivity contribution in [2.45, 2.75) is 25.8 Å². The van der Waals surface area contributed by atoms with Crippen molar-refractivity contribution in [2.24, 2.45) is 0 Å². The molecule has 0 N–H and O–H groups in total. The summed E-state index contributed by atoms with van der Waals surface area (Å²) < 4.78 is 7.29. The number of para-hydroxylation sites is 1. The number of morpholine rings is 1. The number of rotatable bonds is 5. The van der Waals surface area contributed by atoms with E-state index in [4.69, 9.17) is 21.3 Å². The smallest absolute Gasteiger partial charge is 0.265 e. The Morgan fingerprint density at radius 1 is 0.973 bits per heavy atom. The molecule has 8 heteroatoms. The van der Waals surface area contributed by atoms with Crippen LogP contribution < -0.4 is 5.56 Å².